The summed E-state index contributed by atoms with van der Waals surface area (Å²) in [6.45, 7) is 1.61. The molecule has 0 radical (unpaired) electrons. The Bertz CT molecular complexity index is 528. The first kappa shape index (κ1) is 9.35. The second-order valence-electron chi connectivity index (χ2n) is 3.84. The summed E-state index contributed by atoms with van der Waals surface area (Å²) in [6.07, 6.45) is 0.994. The van der Waals surface area contributed by atoms with Gasteiger partial charge in [0.2, 0.25) is 0 Å². The number of nitrogens with one attached hydrogen (secondary N) is 2. The lowest BCUT2D eigenvalue weighted by atomic mass is 10.2. The highest BCUT2D eigenvalue weighted by atomic mass is 16.2. The summed E-state index contributed by atoms with van der Waals surface area (Å²) in [5.41, 5.74) is 4.42. The average Bonchev–Trinajstić information content (AvgIpc) is 2.98. The molecule has 1 fully saturated rings. The number of aromatic amines is 1. The summed E-state index contributed by atoms with van der Waals surface area (Å²) < 4.78 is 0. The zero-order chi connectivity index (χ0) is 11.0. The van der Waals surface area contributed by atoms with Crippen LogP contribution in [0.4, 0.5) is 0 Å². The Balaban J connectivity index is 2.02. The van der Waals surface area contributed by atoms with Crippen LogP contribution >= 0.6 is 0 Å². The third kappa shape index (κ3) is 1.37. The van der Waals surface area contributed by atoms with Gasteiger partial charge in [-0.1, -0.05) is 18.2 Å². The van der Waals surface area contributed by atoms with Crippen LogP contribution in [0.5, 0.6) is 0 Å². The molecule has 1 aliphatic rings. The minimum atomic E-state index is -0.0602. The van der Waals surface area contributed by atoms with Gasteiger partial charge in [0.1, 0.15) is 0 Å². The molecule has 1 aliphatic heterocycles. The van der Waals surface area contributed by atoms with Crippen molar-refractivity contribution in [3.8, 4) is 0 Å². The standard InChI is InChI=1S/C11H12N4O/c16-11(15-7-3-6-12-15)10-8-4-1-2-5-9(8)13-14-10/h1-2,4-5,12H,3,6-7H2,(H,13,14). The number of H-pyrrole nitrogens is 1. The molecule has 5 heteroatoms. The summed E-state index contributed by atoms with van der Waals surface area (Å²) >= 11 is 0. The number of hydrazine groups is 1. The second kappa shape index (κ2) is 3.61. The van der Waals surface area contributed by atoms with Crippen LogP contribution in [0.25, 0.3) is 10.9 Å². The molecular weight excluding hydrogens is 204 g/mol. The highest BCUT2D eigenvalue weighted by molar-refractivity contribution is 6.04. The summed E-state index contributed by atoms with van der Waals surface area (Å²) in [7, 11) is 0. The molecule has 16 heavy (non-hydrogen) atoms. The SMILES string of the molecule is O=C(c1n[nH]c2ccccc12)N1CCCN1. The molecule has 2 heterocycles. The number of nitrogens with zero attached hydrogens (tertiary/aromatic N) is 2. The van der Waals surface area contributed by atoms with Crippen molar-refractivity contribution >= 4 is 16.8 Å². The van der Waals surface area contributed by atoms with E-state index in [1.807, 2.05) is 24.3 Å². The number of amides is 1. The predicted octanol–water partition coefficient (Wildman–Crippen LogP) is 0.913. The van der Waals surface area contributed by atoms with Gasteiger partial charge in [0.15, 0.2) is 5.69 Å². The van der Waals surface area contributed by atoms with Gasteiger partial charge < -0.3 is 0 Å². The number of fused-ring (bicyclic) bond motifs is 1. The van der Waals surface area contributed by atoms with Crippen molar-refractivity contribution < 1.29 is 4.79 Å². The fraction of sp³-hybridized carbons (Fsp3) is 0.273. The van der Waals surface area contributed by atoms with Gasteiger partial charge >= 0.3 is 0 Å². The maximum atomic E-state index is 12.1. The molecule has 0 aliphatic carbocycles. The maximum Gasteiger partial charge on any atom is 0.289 e. The summed E-state index contributed by atoms with van der Waals surface area (Å²) in [6, 6.07) is 7.65. The Labute approximate surface area is 92.4 Å². The third-order valence-electron chi connectivity index (χ3n) is 2.78. The van der Waals surface area contributed by atoms with Crippen molar-refractivity contribution in [2.24, 2.45) is 0 Å². The Hall–Kier alpha value is -1.88. The van der Waals surface area contributed by atoms with E-state index in [2.05, 4.69) is 15.6 Å². The first-order valence-electron chi connectivity index (χ1n) is 5.35. The van der Waals surface area contributed by atoms with Crippen molar-refractivity contribution in [2.75, 3.05) is 13.1 Å². The number of hydrogen-bond donors (Lipinski definition) is 2. The van der Waals surface area contributed by atoms with E-state index in [4.69, 9.17) is 0 Å². The molecule has 0 spiro atoms. The lowest BCUT2D eigenvalue weighted by Crippen LogP contribution is -2.37. The topological polar surface area (TPSA) is 61.0 Å². The first-order chi connectivity index (χ1) is 7.86. The second-order valence-corrected chi connectivity index (χ2v) is 3.84. The van der Waals surface area contributed by atoms with Gasteiger partial charge in [0.05, 0.1) is 5.52 Å². The Morgan fingerprint density at radius 1 is 1.38 bits per heavy atom. The zero-order valence-corrected chi connectivity index (χ0v) is 8.73. The molecule has 2 aromatic rings. The van der Waals surface area contributed by atoms with E-state index in [0.29, 0.717) is 5.69 Å². The van der Waals surface area contributed by atoms with Crippen LogP contribution in [-0.4, -0.2) is 34.2 Å². The van der Waals surface area contributed by atoms with Crippen molar-refractivity contribution in [1.82, 2.24) is 20.6 Å². The zero-order valence-electron chi connectivity index (χ0n) is 8.73. The lowest BCUT2D eigenvalue weighted by Gasteiger charge is -2.13. The molecule has 0 atom stereocenters. The average molecular weight is 216 g/mol. The monoisotopic (exact) mass is 216 g/mol. The molecular formula is C11H12N4O. The van der Waals surface area contributed by atoms with Gasteiger partial charge in [-0.3, -0.25) is 14.9 Å². The van der Waals surface area contributed by atoms with Crippen LogP contribution in [0.1, 0.15) is 16.9 Å². The van der Waals surface area contributed by atoms with E-state index < -0.39 is 0 Å². The largest absolute Gasteiger partial charge is 0.289 e. The van der Waals surface area contributed by atoms with Crippen LogP contribution < -0.4 is 5.43 Å². The van der Waals surface area contributed by atoms with Gasteiger partial charge in [-0.15, -0.1) is 0 Å². The van der Waals surface area contributed by atoms with E-state index in [0.717, 1.165) is 30.4 Å². The van der Waals surface area contributed by atoms with E-state index in [1.165, 1.54) is 0 Å². The van der Waals surface area contributed by atoms with Crippen molar-refractivity contribution in [3.05, 3.63) is 30.0 Å². The molecule has 1 aromatic carbocycles. The molecule has 1 saturated heterocycles. The van der Waals surface area contributed by atoms with Crippen LogP contribution in [0.15, 0.2) is 24.3 Å². The molecule has 3 rings (SSSR count). The number of rotatable bonds is 1. The number of carbonyl (C=O) groups excluding carboxylic acids is 1. The Kier molecular flexibility index (Phi) is 2.11. The van der Waals surface area contributed by atoms with Crippen LogP contribution in [0, 0.1) is 0 Å². The van der Waals surface area contributed by atoms with Crippen LogP contribution in [0.3, 0.4) is 0 Å². The molecule has 5 nitrogen and oxygen atoms in total. The molecule has 1 aromatic heterocycles. The fourth-order valence-electron chi connectivity index (χ4n) is 1.96. The van der Waals surface area contributed by atoms with Gasteiger partial charge in [-0.05, 0) is 12.5 Å². The number of carbonyl (C=O) groups is 1. The normalized spacial score (nSPS) is 15.9. The third-order valence-corrected chi connectivity index (χ3v) is 2.78. The van der Waals surface area contributed by atoms with Gasteiger partial charge in [0.25, 0.3) is 5.91 Å². The molecule has 0 saturated carbocycles. The Morgan fingerprint density at radius 3 is 3.06 bits per heavy atom. The molecule has 1 amide bonds. The minimum absolute atomic E-state index is 0.0602. The fourth-order valence-corrected chi connectivity index (χ4v) is 1.96. The minimum Gasteiger partial charge on any atom is -0.277 e. The maximum absolute atomic E-state index is 12.1. The number of benzene rings is 1. The van der Waals surface area contributed by atoms with E-state index in [-0.39, 0.29) is 5.91 Å². The summed E-state index contributed by atoms with van der Waals surface area (Å²) in [5.74, 6) is -0.0602. The van der Waals surface area contributed by atoms with Gasteiger partial charge in [-0.2, -0.15) is 5.10 Å². The van der Waals surface area contributed by atoms with Crippen LogP contribution in [0.2, 0.25) is 0 Å². The molecule has 0 unspecified atom stereocenters. The quantitative estimate of drug-likeness (QED) is 0.745. The molecule has 2 N–H and O–H groups in total. The summed E-state index contributed by atoms with van der Waals surface area (Å²) in [4.78, 5) is 12.1. The number of para-hydroxylation sites is 1. The van der Waals surface area contributed by atoms with Crippen LogP contribution in [-0.2, 0) is 0 Å². The van der Waals surface area contributed by atoms with Crippen molar-refractivity contribution in [1.29, 1.82) is 0 Å². The lowest BCUT2D eigenvalue weighted by molar-refractivity contribution is 0.0722. The van der Waals surface area contributed by atoms with E-state index >= 15 is 0 Å². The summed E-state index contributed by atoms with van der Waals surface area (Å²) in [5, 5.41) is 9.45. The smallest absolute Gasteiger partial charge is 0.277 e. The number of aromatic nitrogens is 2. The van der Waals surface area contributed by atoms with Crippen molar-refractivity contribution in [2.45, 2.75) is 6.42 Å². The van der Waals surface area contributed by atoms with Gasteiger partial charge in [0, 0.05) is 18.5 Å². The van der Waals surface area contributed by atoms with E-state index in [9.17, 15) is 4.79 Å². The van der Waals surface area contributed by atoms with Crippen molar-refractivity contribution in [3.63, 3.8) is 0 Å². The molecule has 82 valence electrons. The number of hydrogen-bond acceptors (Lipinski definition) is 3. The highest BCUT2D eigenvalue weighted by Crippen LogP contribution is 2.17. The molecule has 0 bridgehead atoms. The van der Waals surface area contributed by atoms with Gasteiger partial charge in [-0.25, -0.2) is 5.43 Å². The Morgan fingerprint density at radius 2 is 2.25 bits per heavy atom. The predicted molar refractivity (Wildman–Crippen MR) is 59.7 cm³/mol. The highest BCUT2D eigenvalue weighted by Gasteiger charge is 2.23. The first-order valence-corrected chi connectivity index (χ1v) is 5.35. The van der Waals surface area contributed by atoms with E-state index in [1.54, 1.807) is 5.01 Å².